The third-order valence-corrected chi connectivity index (χ3v) is 18.6. The fourth-order valence-electron chi connectivity index (χ4n) is 12.2. The van der Waals surface area contributed by atoms with Crippen LogP contribution in [0.4, 0.5) is 0 Å². The third kappa shape index (κ3) is 43.0. The molecule has 0 bridgehead atoms. The van der Waals surface area contributed by atoms with Gasteiger partial charge in [-0.2, -0.15) is 0 Å². The van der Waals surface area contributed by atoms with E-state index in [0.717, 1.165) is 43.3 Å². The van der Waals surface area contributed by atoms with Crippen molar-refractivity contribution in [3.8, 4) is 0 Å². The maximum atomic E-state index is 12.1. The molecular formula is C91H131ClKMgNO17. The third-order valence-electron chi connectivity index (χ3n) is 18.6. The number of carbonyl (C=O) groups excluding carboxylic acids is 9. The summed E-state index contributed by atoms with van der Waals surface area (Å²) in [4.78, 5) is 106. The molecule has 18 nitrogen and oxygen atoms in total. The zero-order valence-electron chi connectivity index (χ0n) is 73.3. The monoisotopic (exact) mass is 1610 g/mol. The smallest absolute Gasteiger partial charge is 1.00 e. The van der Waals surface area contributed by atoms with Gasteiger partial charge in [0.05, 0.1) is 49.8 Å². The zero-order valence-corrected chi connectivity index (χ0v) is 78.6. The first kappa shape index (κ1) is 116. The van der Waals surface area contributed by atoms with Crippen molar-refractivity contribution in [2.45, 2.75) is 189 Å². The molecule has 0 aliphatic heterocycles. The van der Waals surface area contributed by atoms with Crippen LogP contribution in [0, 0.1) is 40.9 Å². The van der Waals surface area contributed by atoms with E-state index in [1.165, 1.54) is 144 Å². The Kier molecular flexibility index (Phi) is 61.0. The van der Waals surface area contributed by atoms with Gasteiger partial charge in [0.15, 0.2) is 23.4 Å². The van der Waals surface area contributed by atoms with E-state index < -0.39 is 47.7 Å². The number of hydrogen-bond donors (Lipinski definition) is 0. The van der Waals surface area contributed by atoms with Gasteiger partial charge < -0.3 is 63.4 Å². The average Bonchev–Trinajstić information content (AvgIpc) is 0.833. The minimum atomic E-state index is -1.13. The van der Waals surface area contributed by atoms with Crippen LogP contribution in [0.5, 0.6) is 0 Å². The molecule has 4 aliphatic rings. The van der Waals surface area contributed by atoms with E-state index in [9.17, 15) is 43.2 Å². The Morgan fingerprint density at radius 1 is 0.491 bits per heavy atom. The Morgan fingerprint density at radius 3 is 1.31 bits per heavy atom. The number of hydrogen-bond acceptors (Lipinski definition) is 18. The quantitative estimate of drug-likeness (QED) is 0.0127. The molecule has 4 aliphatic carbocycles. The first-order valence-corrected chi connectivity index (χ1v) is 36.2. The number of rotatable bonds is 24. The van der Waals surface area contributed by atoms with Crippen LogP contribution in [0.25, 0.3) is 0 Å². The molecule has 0 aromatic heterocycles. The van der Waals surface area contributed by atoms with Crippen molar-refractivity contribution < 1.29 is 146 Å². The van der Waals surface area contributed by atoms with Crippen LogP contribution in [0.3, 0.4) is 0 Å². The fourth-order valence-corrected chi connectivity index (χ4v) is 12.2. The maximum Gasteiger partial charge on any atom is 2.00 e. The molecule has 0 amide bonds. The second-order valence-electron chi connectivity index (χ2n) is 29.8. The van der Waals surface area contributed by atoms with Crippen LogP contribution < -0.4 is 63.8 Å². The summed E-state index contributed by atoms with van der Waals surface area (Å²) in [6.45, 7) is 39.2. The summed E-state index contributed by atoms with van der Waals surface area (Å²) in [6.07, 6.45) is 53.6. The Morgan fingerprint density at radius 2 is 0.911 bits per heavy atom. The van der Waals surface area contributed by atoms with E-state index in [0.29, 0.717) is 16.7 Å². The van der Waals surface area contributed by atoms with Crippen molar-refractivity contribution in [1.29, 1.82) is 0 Å². The molecule has 0 heterocycles. The summed E-state index contributed by atoms with van der Waals surface area (Å²) in [5.74, 6) is -6.59. The molecule has 4 rings (SSSR count). The number of nitrogens with zero attached hydrogens (tertiary/aromatic N) is 1. The Balaban J connectivity index is -0.000000316. The van der Waals surface area contributed by atoms with E-state index in [2.05, 4.69) is 162 Å². The van der Waals surface area contributed by atoms with Gasteiger partial charge in [-0.05, 0) is 236 Å². The minimum absolute atomic E-state index is 0. The zero-order chi connectivity index (χ0) is 82.2. The molecule has 612 valence electrons. The Bertz CT molecular complexity index is 3740. The topological polar surface area (TPSA) is 251 Å². The summed E-state index contributed by atoms with van der Waals surface area (Å²) in [6, 6.07) is 0. The maximum absolute atomic E-state index is 12.1. The number of halogens is 1. The molecular weight excluding hydrogens is 1480 g/mol. The van der Waals surface area contributed by atoms with Crippen LogP contribution in [-0.2, 0) is 76.3 Å². The van der Waals surface area contributed by atoms with Crippen LogP contribution in [0.1, 0.15) is 189 Å². The summed E-state index contributed by atoms with van der Waals surface area (Å²) in [5.41, 5.74) is 16.0. The number of methoxy groups -OCH3 is 7. The number of carbonyl (C=O) groups is 9. The van der Waals surface area contributed by atoms with Crippen LogP contribution in [-0.4, -0.2) is 151 Å². The van der Waals surface area contributed by atoms with Crippen molar-refractivity contribution >= 4 is 76.4 Å². The Labute approximate surface area is 737 Å². The van der Waals surface area contributed by atoms with E-state index in [-0.39, 0.29) is 145 Å². The molecule has 0 saturated carbocycles. The first-order valence-electron chi connectivity index (χ1n) is 36.2. The van der Waals surface area contributed by atoms with Crippen molar-refractivity contribution in [1.82, 2.24) is 4.90 Å². The van der Waals surface area contributed by atoms with Gasteiger partial charge in [-0.1, -0.05) is 187 Å². The van der Waals surface area contributed by atoms with Gasteiger partial charge in [-0.15, -0.1) is 0 Å². The number of esters is 7. The Hall–Kier alpha value is -6.86. The van der Waals surface area contributed by atoms with E-state index in [4.69, 9.17) is 9.47 Å². The van der Waals surface area contributed by atoms with Crippen molar-refractivity contribution in [2.24, 2.45) is 33.5 Å². The van der Waals surface area contributed by atoms with Gasteiger partial charge in [0, 0.05) is 20.2 Å². The summed E-state index contributed by atoms with van der Waals surface area (Å²) in [7, 11) is 12.4. The SMILES string of the molecule is CC(=O)/C=C/C1=C(C)C=CCC1(C)C.COC(=O)/C=C(C)/C=C/C=C(C)/C=C/C1=C(C)CCCC1(C)C.COC(=O)C(C(=O)OC)/C(C)=C/C=C/C(=O)/C=C/C1=C(C)CCCC1(C)C.COC(=O)C(C(=O)OC)/C(C)=C/C=C/C(C)=C/C=C1/C(C)=CCCC1(C)C.COC(=O)C(C(=O)OC)=C(C)/C=C/N(C)C.[CH3-].[Cl-].[K+].[Mg+2].[OH-]. The van der Waals surface area contributed by atoms with E-state index >= 15 is 0 Å². The molecule has 21 heteroatoms. The van der Waals surface area contributed by atoms with Gasteiger partial charge in [-0.3, -0.25) is 28.8 Å². The molecule has 0 saturated heterocycles. The van der Waals surface area contributed by atoms with Crippen molar-refractivity contribution in [3.05, 3.63) is 231 Å². The van der Waals surface area contributed by atoms with Crippen molar-refractivity contribution in [3.63, 3.8) is 0 Å². The number of allylic oxidation sites excluding steroid dienone is 33. The average molecular weight is 1610 g/mol. The van der Waals surface area contributed by atoms with Gasteiger partial charge in [-0.25, -0.2) is 14.4 Å². The van der Waals surface area contributed by atoms with Gasteiger partial charge in [0.2, 0.25) is 0 Å². The summed E-state index contributed by atoms with van der Waals surface area (Å²) < 4.78 is 32.3. The van der Waals surface area contributed by atoms with Crippen LogP contribution in [0.15, 0.2) is 223 Å². The summed E-state index contributed by atoms with van der Waals surface area (Å²) >= 11 is 0. The molecule has 0 aromatic rings. The molecule has 1 N–H and O–H groups in total. The standard InChI is InChI=1S/C23H32O4.C22H30O5.C21H30O2.C13H18O.C11H17NO4.CH3.ClH.K.Mg.H2O/c1-16(13-14-19-17(2)12-9-15-23(19,4)5)10-8-11-18(3)20(21(24)26-6)22(25)27-7;1-15-10-8-14-22(3,4)18(15)13-12-17(23)11-7-9-16(2)19(20(24)26-5)21(25)27-6;1-16(9-7-10-17(2)15-20(22)23-6)12-13-19-18(3)11-8-14-21(19,4)5;1-10-6-5-9-13(3,4)12(10)8-7-11(2)14;1-8(6-7-12(2)3)9(10(13)15-4)11(14)16-5;;;;;/h8,10-14,20H,9,15H2,1-7H3;7,9,11-13,19H,8,10,14H2,1-6H3;7,9-10,12-13,15H,8,11,14H2,1-6H3;5-8H,9H2,1-4H3;6-7H,1-5H3;1H3;1H;;;1H2/q;;;;;-1;;+1;+2;/p-2/b10-8+,16-13+,18-11+,19-14-;11-7+,13-12+,16-9+;10-7+,13-12+,16-9+,17-15+;8-7+;7-6+;;;;;. The molecule has 0 atom stereocenters. The van der Waals surface area contributed by atoms with E-state index in [1.807, 2.05) is 64.4 Å². The van der Waals surface area contributed by atoms with Gasteiger partial charge >= 0.3 is 116 Å². The predicted octanol–water partition coefficient (Wildman–Crippen LogP) is 12.9. The molecule has 0 radical (unpaired) electrons. The van der Waals surface area contributed by atoms with E-state index in [1.54, 1.807) is 69.2 Å². The largest absolute Gasteiger partial charge is 2.00 e. The summed E-state index contributed by atoms with van der Waals surface area (Å²) in [5, 5.41) is 0. The molecule has 0 fully saturated rings. The van der Waals surface area contributed by atoms with Crippen LogP contribution >= 0.6 is 0 Å². The first-order chi connectivity index (χ1) is 49.9. The molecule has 0 unspecified atom stereocenters. The molecule has 0 spiro atoms. The molecule has 112 heavy (non-hydrogen) atoms. The van der Waals surface area contributed by atoms with Gasteiger partial charge in [0.1, 0.15) is 5.57 Å². The predicted molar refractivity (Wildman–Crippen MR) is 446 cm³/mol. The van der Waals surface area contributed by atoms with Crippen LogP contribution in [0.2, 0.25) is 0 Å². The molecule has 0 aromatic carbocycles. The minimum Gasteiger partial charge on any atom is -1.00 e. The second-order valence-corrected chi connectivity index (χ2v) is 29.8. The normalized spacial score (nSPS) is 17.0. The number of ether oxygens (including phenoxy) is 7. The van der Waals surface area contributed by atoms with Crippen molar-refractivity contribution in [2.75, 3.05) is 63.9 Å². The number of ketones is 2. The van der Waals surface area contributed by atoms with Gasteiger partial charge in [0.25, 0.3) is 0 Å². The second kappa shape index (κ2) is 58.9. The fraction of sp³-hybridized carbons (Fsp3) is 0.473.